The number of ether oxygens (including phenoxy) is 1. The Morgan fingerprint density at radius 3 is 2.82 bits per heavy atom. The number of carbonyl (C=O) groups is 2. The molecule has 17 heavy (non-hydrogen) atoms. The number of carboxylic acid groups (broad SMARTS) is 1. The highest BCUT2D eigenvalue weighted by Crippen LogP contribution is 2.14. The van der Waals surface area contributed by atoms with Gasteiger partial charge in [-0.3, -0.25) is 4.90 Å². The van der Waals surface area contributed by atoms with Gasteiger partial charge in [0.1, 0.15) is 6.61 Å². The van der Waals surface area contributed by atoms with Crippen LogP contribution < -0.4 is 0 Å². The SMILES string of the molecule is N#CCCCCCCN1C(=O)OC[C@@H]1C(=O)O. The molecule has 6 heteroatoms. The number of hydrogen-bond donors (Lipinski definition) is 1. The Morgan fingerprint density at radius 1 is 1.47 bits per heavy atom. The second kappa shape index (κ2) is 6.74. The molecule has 1 aliphatic rings. The fourth-order valence-corrected chi connectivity index (χ4v) is 1.74. The minimum atomic E-state index is -1.03. The normalized spacial score (nSPS) is 18.9. The van der Waals surface area contributed by atoms with Crippen molar-refractivity contribution in [2.75, 3.05) is 13.2 Å². The zero-order chi connectivity index (χ0) is 12.7. The summed E-state index contributed by atoms with van der Waals surface area (Å²) in [5, 5.41) is 17.2. The van der Waals surface area contributed by atoms with E-state index in [9.17, 15) is 9.59 Å². The third-order valence-corrected chi connectivity index (χ3v) is 2.70. The van der Waals surface area contributed by atoms with E-state index < -0.39 is 18.1 Å². The van der Waals surface area contributed by atoms with E-state index in [-0.39, 0.29) is 6.61 Å². The van der Waals surface area contributed by atoms with Crippen LogP contribution in [0.1, 0.15) is 32.1 Å². The summed E-state index contributed by atoms with van der Waals surface area (Å²) in [6.45, 7) is 0.338. The van der Waals surface area contributed by atoms with Gasteiger partial charge in [-0.05, 0) is 12.8 Å². The molecule has 0 aromatic carbocycles. The first-order valence-corrected chi connectivity index (χ1v) is 5.70. The monoisotopic (exact) mass is 240 g/mol. The number of amides is 1. The van der Waals surface area contributed by atoms with Gasteiger partial charge in [0.05, 0.1) is 6.07 Å². The van der Waals surface area contributed by atoms with E-state index in [4.69, 9.17) is 15.1 Å². The van der Waals surface area contributed by atoms with E-state index in [2.05, 4.69) is 6.07 Å². The van der Waals surface area contributed by atoms with Crippen LogP contribution in [-0.2, 0) is 9.53 Å². The van der Waals surface area contributed by atoms with E-state index in [1.165, 1.54) is 4.90 Å². The summed E-state index contributed by atoms with van der Waals surface area (Å²) >= 11 is 0. The Balaban J connectivity index is 2.23. The van der Waals surface area contributed by atoms with Crippen LogP contribution in [0.2, 0.25) is 0 Å². The summed E-state index contributed by atoms with van der Waals surface area (Å²) in [5.41, 5.74) is 0. The Labute approximate surface area is 99.8 Å². The maximum atomic E-state index is 11.3. The lowest BCUT2D eigenvalue weighted by Crippen LogP contribution is -2.39. The number of carbonyl (C=O) groups excluding carboxylic acids is 1. The summed E-state index contributed by atoms with van der Waals surface area (Å²) in [6, 6.07) is 1.22. The number of carboxylic acids is 1. The summed E-state index contributed by atoms with van der Waals surface area (Å²) < 4.78 is 4.70. The predicted molar refractivity (Wildman–Crippen MR) is 58.2 cm³/mol. The molecule has 0 unspecified atom stereocenters. The van der Waals surface area contributed by atoms with E-state index >= 15 is 0 Å². The van der Waals surface area contributed by atoms with Gasteiger partial charge in [-0.15, -0.1) is 0 Å². The van der Waals surface area contributed by atoms with Crippen molar-refractivity contribution in [3.63, 3.8) is 0 Å². The number of nitriles is 1. The van der Waals surface area contributed by atoms with Gasteiger partial charge in [0, 0.05) is 13.0 Å². The molecule has 1 heterocycles. The molecular formula is C11H16N2O4. The van der Waals surface area contributed by atoms with Crippen LogP contribution in [0.15, 0.2) is 0 Å². The van der Waals surface area contributed by atoms with E-state index in [0.717, 1.165) is 25.7 Å². The Hall–Kier alpha value is -1.77. The largest absolute Gasteiger partial charge is 0.480 e. The Kier molecular flexibility index (Phi) is 5.27. The van der Waals surface area contributed by atoms with E-state index in [1.54, 1.807) is 0 Å². The van der Waals surface area contributed by atoms with Crippen molar-refractivity contribution >= 4 is 12.1 Å². The molecule has 0 spiro atoms. The summed E-state index contributed by atoms with van der Waals surface area (Å²) in [5.74, 6) is -1.03. The first-order valence-electron chi connectivity index (χ1n) is 5.70. The number of rotatable bonds is 7. The average molecular weight is 240 g/mol. The molecule has 94 valence electrons. The molecule has 1 aliphatic heterocycles. The maximum absolute atomic E-state index is 11.3. The minimum absolute atomic E-state index is 0.0669. The van der Waals surface area contributed by atoms with Gasteiger partial charge in [-0.2, -0.15) is 5.26 Å². The fraction of sp³-hybridized carbons (Fsp3) is 0.727. The average Bonchev–Trinajstić information content (AvgIpc) is 2.65. The highest BCUT2D eigenvalue weighted by molar-refractivity contribution is 5.82. The lowest BCUT2D eigenvalue weighted by Gasteiger charge is -2.17. The molecule has 1 amide bonds. The van der Waals surface area contributed by atoms with Gasteiger partial charge in [-0.1, -0.05) is 12.8 Å². The standard InChI is InChI=1S/C11H16N2O4/c12-6-4-2-1-3-5-7-13-9(10(14)15)8-17-11(13)16/h9H,1-5,7-8H2,(H,14,15)/t9-/m1/s1. The number of hydrogen-bond acceptors (Lipinski definition) is 4. The maximum Gasteiger partial charge on any atom is 0.410 e. The Bertz CT molecular complexity index is 324. The molecule has 1 N–H and O–H groups in total. The molecule has 1 rings (SSSR count). The zero-order valence-corrected chi connectivity index (χ0v) is 9.59. The highest BCUT2D eigenvalue weighted by atomic mass is 16.6. The smallest absolute Gasteiger partial charge is 0.410 e. The second-order valence-electron chi connectivity index (χ2n) is 3.95. The quantitative estimate of drug-likeness (QED) is 0.678. The van der Waals surface area contributed by atoms with Gasteiger partial charge >= 0.3 is 12.1 Å². The summed E-state index contributed by atoms with van der Waals surface area (Å²) in [4.78, 5) is 23.3. The van der Waals surface area contributed by atoms with Gasteiger partial charge in [0.25, 0.3) is 0 Å². The number of nitrogens with zero attached hydrogens (tertiary/aromatic N) is 2. The van der Waals surface area contributed by atoms with Crippen molar-refractivity contribution in [1.82, 2.24) is 4.90 Å². The van der Waals surface area contributed by atoms with Gasteiger partial charge in [-0.25, -0.2) is 9.59 Å². The third-order valence-electron chi connectivity index (χ3n) is 2.70. The van der Waals surface area contributed by atoms with Crippen LogP contribution >= 0.6 is 0 Å². The molecule has 0 aromatic rings. The van der Waals surface area contributed by atoms with Crippen molar-refractivity contribution < 1.29 is 19.4 Å². The van der Waals surface area contributed by atoms with Crippen LogP contribution in [0.4, 0.5) is 4.79 Å². The zero-order valence-electron chi connectivity index (χ0n) is 9.59. The van der Waals surface area contributed by atoms with Crippen LogP contribution in [0.5, 0.6) is 0 Å². The topological polar surface area (TPSA) is 90.6 Å². The van der Waals surface area contributed by atoms with Gasteiger partial charge < -0.3 is 9.84 Å². The molecule has 0 aromatic heterocycles. The van der Waals surface area contributed by atoms with Crippen LogP contribution in [0, 0.1) is 11.3 Å². The van der Waals surface area contributed by atoms with E-state index in [0.29, 0.717) is 13.0 Å². The molecule has 1 fully saturated rings. The number of cyclic esters (lactones) is 1. The summed E-state index contributed by atoms with van der Waals surface area (Å²) in [7, 11) is 0. The fourth-order valence-electron chi connectivity index (χ4n) is 1.74. The first kappa shape index (κ1) is 13.3. The van der Waals surface area contributed by atoms with Gasteiger partial charge in [0.2, 0.25) is 0 Å². The predicted octanol–water partition coefficient (Wildman–Crippen LogP) is 1.37. The first-order chi connectivity index (χ1) is 8.16. The minimum Gasteiger partial charge on any atom is -0.480 e. The molecule has 1 saturated heterocycles. The molecule has 6 nitrogen and oxygen atoms in total. The molecule has 0 saturated carbocycles. The molecule has 0 radical (unpaired) electrons. The van der Waals surface area contributed by atoms with Crippen LogP contribution in [-0.4, -0.2) is 41.3 Å². The van der Waals surface area contributed by atoms with Crippen molar-refractivity contribution in [3.8, 4) is 6.07 Å². The summed E-state index contributed by atoms with van der Waals surface area (Å²) in [6.07, 6.45) is 3.40. The number of unbranched alkanes of at least 4 members (excludes halogenated alkanes) is 4. The van der Waals surface area contributed by atoms with Crippen molar-refractivity contribution in [2.45, 2.75) is 38.1 Å². The Morgan fingerprint density at radius 2 is 2.18 bits per heavy atom. The number of aliphatic carboxylic acids is 1. The second-order valence-corrected chi connectivity index (χ2v) is 3.95. The van der Waals surface area contributed by atoms with Crippen LogP contribution in [0.3, 0.4) is 0 Å². The van der Waals surface area contributed by atoms with Crippen molar-refractivity contribution in [2.24, 2.45) is 0 Å². The van der Waals surface area contributed by atoms with E-state index in [1.807, 2.05) is 0 Å². The molecule has 0 bridgehead atoms. The van der Waals surface area contributed by atoms with Crippen molar-refractivity contribution in [3.05, 3.63) is 0 Å². The lowest BCUT2D eigenvalue weighted by atomic mass is 10.1. The highest BCUT2D eigenvalue weighted by Gasteiger charge is 2.37. The lowest BCUT2D eigenvalue weighted by molar-refractivity contribution is -0.141. The van der Waals surface area contributed by atoms with Crippen molar-refractivity contribution in [1.29, 1.82) is 5.26 Å². The molecule has 0 aliphatic carbocycles. The third kappa shape index (κ3) is 3.94. The molecular weight excluding hydrogens is 224 g/mol. The van der Waals surface area contributed by atoms with Gasteiger partial charge in [0.15, 0.2) is 6.04 Å². The van der Waals surface area contributed by atoms with Crippen LogP contribution in [0.25, 0.3) is 0 Å². The molecule has 1 atom stereocenters.